The number of nitro groups is 1. The Morgan fingerprint density at radius 2 is 1.76 bits per heavy atom. The summed E-state index contributed by atoms with van der Waals surface area (Å²) in [5.74, 6) is -0.266. The predicted molar refractivity (Wildman–Crippen MR) is 128 cm³/mol. The molecule has 10 heteroatoms. The molecule has 9 nitrogen and oxygen atoms in total. The van der Waals surface area contributed by atoms with E-state index in [0.29, 0.717) is 21.4 Å². The van der Waals surface area contributed by atoms with Gasteiger partial charge in [0, 0.05) is 35.9 Å². The molecular weight excluding hydrogens is 452 g/mol. The number of nitro benzene ring substituents is 1. The van der Waals surface area contributed by atoms with Crippen LogP contribution in [0, 0.1) is 24.0 Å². The number of carbonyl (C=O) groups is 1. The minimum absolute atomic E-state index is 0.00641. The van der Waals surface area contributed by atoms with Crippen LogP contribution in [0.1, 0.15) is 27.3 Å². The van der Waals surface area contributed by atoms with E-state index in [1.54, 1.807) is 53.7 Å². The lowest BCUT2D eigenvalue weighted by atomic mass is 10.1. The zero-order valence-electron chi connectivity index (χ0n) is 18.5. The van der Waals surface area contributed by atoms with E-state index in [9.17, 15) is 14.9 Å². The fraction of sp³-hybridized carbons (Fsp3) is 0.125. The highest BCUT2D eigenvalue weighted by molar-refractivity contribution is 7.99. The monoisotopic (exact) mass is 472 g/mol. The van der Waals surface area contributed by atoms with Gasteiger partial charge in [-0.05, 0) is 61.5 Å². The highest BCUT2D eigenvalue weighted by atomic mass is 32.2. The molecule has 3 heterocycles. The Morgan fingerprint density at radius 3 is 2.35 bits per heavy atom. The van der Waals surface area contributed by atoms with Crippen molar-refractivity contribution < 1.29 is 9.72 Å². The quantitative estimate of drug-likeness (QED) is 0.214. The lowest BCUT2D eigenvalue weighted by molar-refractivity contribution is -0.384. The van der Waals surface area contributed by atoms with Crippen LogP contribution < -0.4 is 4.90 Å². The number of aromatic nitrogens is 4. The van der Waals surface area contributed by atoms with Gasteiger partial charge in [-0.15, -0.1) is 0 Å². The third kappa shape index (κ3) is 5.59. The Balaban J connectivity index is 1.56. The lowest BCUT2D eigenvalue weighted by Gasteiger charge is -2.22. The number of non-ortho nitro benzene ring substituents is 1. The second-order valence-electron chi connectivity index (χ2n) is 7.45. The number of pyridine rings is 2. The molecule has 0 saturated carbocycles. The standard InChI is InChI=1S/C24H20N6O3S/c1-16-12-17(2)28-24(27-16)34-22-10-7-19(13-26-22)23(31)29(21-4-3-11-25-14-21)15-18-5-8-20(9-6-18)30(32)33/h3-14H,15H2,1-2H3. The van der Waals surface area contributed by atoms with Gasteiger partial charge in [0.15, 0.2) is 5.16 Å². The second kappa shape index (κ2) is 10.2. The number of nitrogens with zero attached hydrogens (tertiary/aromatic N) is 6. The van der Waals surface area contributed by atoms with Crippen LogP contribution in [0.5, 0.6) is 0 Å². The molecule has 0 radical (unpaired) electrons. The number of rotatable bonds is 7. The number of carbonyl (C=O) groups excluding carboxylic acids is 1. The first-order valence-electron chi connectivity index (χ1n) is 10.3. The molecule has 34 heavy (non-hydrogen) atoms. The Bertz CT molecular complexity index is 1290. The van der Waals surface area contributed by atoms with E-state index >= 15 is 0 Å². The van der Waals surface area contributed by atoms with Gasteiger partial charge in [0.25, 0.3) is 11.6 Å². The minimum atomic E-state index is -0.456. The zero-order chi connectivity index (χ0) is 24.1. The summed E-state index contributed by atoms with van der Waals surface area (Å²) in [4.78, 5) is 42.8. The Kier molecular flexibility index (Phi) is 6.88. The number of aryl methyl sites for hydroxylation is 2. The van der Waals surface area contributed by atoms with Gasteiger partial charge in [-0.25, -0.2) is 15.0 Å². The van der Waals surface area contributed by atoms with E-state index in [4.69, 9.17) is 0 Å². The summed E-state index contributed by atoms with van der Waals surface area (Å²) >= 11 is 1.32. The molecule has 0 N–H and O–H groups in total. The number of benzene rings is 1. The Labute approximate surface area is 200 Å². The largest absolute Gasteiger partial charge is 0.302 e. The average Bonchev–Trinajstić information content (AvgIpc) is 2.83. The lowest BCUT2D eigenvalue weighted by Crippen LogP contribution is -2.30. The van der Waals surface area contributed by atoms with Crippen LogP contribution in [-0.4, -0.2) is 30.8 Å². The first kappa shape index (κ1) is 23.0. The van der Waals surface area contributed by atoms with E-state index < -0.39 is 4.92 Å². The van der Waals surface area contributed by atoms with Crippen LogP contribution >= 0.6 is 11.8 Å². The topological polar surface area (TPSA) is 115 Å². The Hall–Kier alpha value is -4.18. The SMILES string of the molecule is Cc1cc(C)nc(Sc2ccc(C(=O)N(Cc3ccc([N+](=O)[O-])cc3)c3cccnc3)cn2)n1. The van der Waals surface area contributed by atoms with Gasteiger partial charge in [0.1, 0.15) is 5.03 Å². The van der Waals surface area contributed by atoms with Gasteiger partial charge in [-0.2, -0.15) is 0 Å². The van der Waals surface area contributed by atoms with Crippen molar-refractivity contribution in [2.75, 3.05) is 4.90 Å². The van der Waals surface area contributed by atoms with Crippen LogP contribution in [-0.2, 0) is 6.54 Å². The molecule has 1 amide bonds. The fourth-order valence-corrected chi connectivity index (χ4v) is 4.06. The van der Waals surface area contributed by atoms with Crippen molar-refractivity contribution in [1.29, 1.82) is 0 Å². The molecule has 4 aromatic rings. The van der Waals surface area contributed by atoms with Gasteiger partial charge in [-0.3, -0.25) is 19.9 Å². The number of amides is 1. The van der Waals surface area contributed by atoms with Gasteiger partial charge in [0.05, 0.1) is 28.9 Å². The maximum absolute atomic E-state index is 13.4. The van der Waals surface area contributed by atoms with Crippen molar-refractivity contribution in [3.63, 3.8) is 0 Å². The summed E-state index contributed by atoms with van der Waals surface area (Å²) in [6, 6.07) is 15.0. The molecule has 0 saturated heterocycles. The average molecular weight is 473 g/mol. The van der Waals surface area contributed by atoms with Crippen molar-refractivity contribution in [3.8, 4) is 0 Å². The van der Waals surface area contributed by atoms with E-state index in [-0.39, 0.29) is 18.1 Å². The highest BCUT2D eigenvalue weighted by Gasteiger charge is 2.20. The van der Waals surface area contributed by atoms with Crippen LogP contribution in [0.25, 0.3) is 0 Å². The molecule has 4 rings (SSSR count). The van der Waals surface area contributed by atoms with Crippen molar-refractivity contribution in [1.82, 2.24) is 19.9 Å². The molecule has 1 aromatic carbocycles. The van der Waals surface area contributed by atoms with Crippen LogP contribution in [0.3, 0.4) is 0 Å². The van der Waals surface area contributed by atoms with Crippen molar-refractivity contribution in [3.05, 3.63) is 106 Å². The number of hydrogen-bond donors (Lipinski definition) is 0. The smallest absolute Gasteiger partial charge is 0.269 e. The molecular formula is C24H20N6O3S. The van der Waals surface area contributed by atoms with Crippen LogP contribution in [0.4, 0.5) is 11.4 Å². The van der Waals surface area contributed by atoms with E-state index in [0.717, 1.165) is 17.0 Å². The van der Waals surface area contributed by atoms with Gasteiger partial charge in [-0.1, -0.05) is 12.1 Å². The predicted octanol–water partition coefficient (Wildman–Crippen LogP) is 4.79. The zero-order valence-corrected chi connectivity index (χ0v) is 19.3. The minimum Gasteiger partial charge on any atom is -0.302 e. The summed E-state index contributed by atoms with van der Waals surface area (Å²) < 4.78 is 0. The van der Waals surface area contributed by atoms with E-state index in [1.165, 1.54) is 30.1 Å². The fourth-order valence-electron chi connectivity index (χ4n) is 3.26. The van der Waals surface area contributed by atoms with Gasteiger partial charge in [0.2, 0.25) is 0 Å². The molecule has 0 atom stereocenters. The molecule has 3 aromatic heterocycles. The summed E-state index contributed by atoms with van der Waals surface area (Å²) in [7, 11) is 0. The molecule has 170 valence electrons. The van der Waals surface area contributed by atoms with Crippen molar-refractivity contribution >= 4 is 29.0 Å². The number of hydrogen-bond acceptors (Lipinski definition) is 8. The normalized spacial score (nSPS) is 10.6. The molecule has 0 aliphatic rings. The summed E-state index contributed by atoms with van der Waals surface area (Å²) in [6.07, 6.45) is 4.74. The molecule has 0 bridgehead atoms. The van der Waals surface area contributed by atoms with E-state index in [1.807, 2.05) is 19.9 Å². The number of anilines is 1. The molecule has 0 aliphatic heterocycles. The Morgan fingerprint density at radius 1 is 1.03 bits per heavy atom. The van der Waals surface area contributed by atoms with Crippen molar-refractivity contribution in [2.24, 2.45) is 0 Å². The summed E-state index contributed by atoms with van der Waals surface area (Å²) in [5.41, 5.74) is 3.49. The third-order valence-corrected chi connectivity index (χ3v) is 5.65. The first-order chi connectivity index (χ1) is 16.4. The first-order valence-corrected chi connectivity index (χ1v) is 11.1. The molecule has 0 unspecified atom stereocenters. The molecule has 0 aliphatic carbocycles. The van der Waals surface area contributed by atoms with Crippen LogP contribution in [0.2, 0.25) is 0 Å². The molecule has 0 spiro atoms. The van der Waals surface area contributed by atoms with Gasteiger partial charge < -0.3 is 4.90 Å². The maximum atomic E-state index is 13.4. The van der Waals surface area contributed by atoms with Crippen LogP contribution in [0.15, 0.2) is 83.4 Å². The maximum Gasteiger partial charge on any atom is 0.269 e. The van der Waals surface area contributed by atoms with Gasteiger partial charge >= 0.3 is 0 Å². The summed E-state index contributed by atoms with van der Waals surface area (Å²) in [6.45, 7) is 4.03. The molecule has 0 fully saturated rings. The summed E-state index contributed by atoms with van der Waals surface area (Å²) in [5, 5.41) is 12.2. The highest BCUT2D eigenvalue weighted by Crippen LogP contribution is 2.25. The van der Waals surface area contributed by atoms with Crippen molar-refractivity contribution in [2.45, 2.75) is 30.6 Å². The third-order valence-electron chi connectivity index (χ3n) is 4.83. The second-order valence-corrected chi connectivity index (χ2v) is 8.43. The van der Waals surface area contributed by atoms with E-state index in [2.05, 4.69) is 19.9 Å².